The van der Waals surface area contributed by atoms with Crippen LogP contribution in [0.2, 0.25) is 4.34 Å². The molecule has 5 aromatic heterocycles. The van der Waals surface area contributed by atoms with E-state index in [0.717, 1.165) is 14.1 Å². The highest BCUT2D eigenvalue weighted by molar-refractivity contribution is 7.16. The minimum absolute atomic E-state index is 0.150. The molecule has 5 aromatic rings. The molecule has 0 fully saturated rings. The average Bonchev–Trinajstić information content (AvgIpc) is 3.61. The van der Waals surface area contributed by atoms with E-state index in [0.29, 0.717) is 41.9 Å². The predicted molar refractivity (Wildman–Crippen MR) is 131 cm³/mol. The Bertz CT molecular complexity index is 1450. The van der Waals surface area contributed by atoms with Gasteiger partial charge in [-0.3, -0.25) is 9.59 Å². The van der Waals surface area contributed by atoms with Gasteiger partial charge in [0.2, 0.25) is 0 Å². The van der Waals surface area contributed by atoms with Crippen LogP contribution in [0.3, 0.4) is 0 Å². The standard InChI is InChI=1S/C24H18ClN3O3S2/c25-22-8-7-18(33-22)6-5-17-13-21(26-28(17)23(29)16-9-11-31-15-16)20-4-1-10-27(24(20)30)14-19-3-2-12-32-19/h1-4,7-13,15H,5-6,14H2. The van der Waals surface area contributed by atoms with E-state index >= 15 is 0 Å². The lowest BCUT2D eigenvalue weighted by Crippen LogP contribution is -2.21. The second-order valence-corrected chi connectivity index (χ2v) is 10.2. The Labute approximate surface area is 202 Å². The van der Waals surface area contributed by atoms with Crippen LogP contribution < -0.4 is 5.56 Å². The topological polar surface area (TPSA) is 70.0 Å². The van der Waals surface area contributed by atoms with E-state index in [1.165, 1.54) is 28.5 Å². The Morgan fingerprint density at radius 2 is 2.00 bits per heavy atom. The summed E-state index contributed by atoms with van der Waals surface area (Å²) in [5.41, 5.74) is 1.88. The van der Waals surface area contributed by atoms with E-state index in [1.807, 2.05) is 41.8 Å². The van der Waals surface area contributed by atoms with E-state index in [9.17, 15) is 9.59 Å². The third-order valence-corrected chi connectivity index (χ3v) is 7.35. The number of aryl methyl sites for hydroxylation is 2. The molecule has 0 atom stereocenters. The zero-order valence-electron chi connectivity index (χ0n) is 17.3. The summed E-state index contributed by atoms with van der Waals surface area (Å²) < 4.78 is 8.83. The highest BCUT2D eigenvalue weighted by Crippen LogP contribution is 2.24. The number of hydrogen-bond donors (Lipinski definition) is 0. The first-order valence-corrected chi connectivity index (χ1v) is 12.3. The fourth-order valence-corrected chi connectivity index (χ4v) is 5.37. The van der Waals surface area contributed by atoms with Gasteiger partial charge in [0.1, 0.15) is 6.26 Å². The predicted octanol–water partition coefficient (Wildman–Crippen LogP) is 5.60. The van der Waals surface area contributed by atoms with Gasteiger partial charge in [-0.15, -0.1) is 22.7 Å². The first-order valence-electron chi connectivity index (χ1n) is 10.2. The Balaban J connectivity index is 1.51. The summed E-state index contributed by atoms with van der Waals surface area (Å²) in [7, 11) is 0. The third kappa shape index (κ3) is 4.64. The number of hydrogen-bond acceptors (Lipinski definition) is 6. The van der Waals surface area contributed by atoms with E-state index < -0.39 is 0 Å². The van der Waals surface area contributed by atoms with Crippen LogP contribution in [0.1, 0.15) is 25.8 Å². The summed E-state index contributed by atoms with van der Waals surface area (Å²) in [5, 5.41) is 6.53. The van der Waals surface area contributed by atoms with Crippen LogP contribution in [0.5, 0.6) is 0 Å². The molecule has 0 aliphatic carbocycles. The molecule has 5 rings (SSSR count). The van der Waals surface area contributed by atoms with E-state index in [1.54, 1.807) is 34.2 Å². The number of aromatic nitrogens is 3. The smallest absolute Gasteiger partial charge is 0.281 e. The van der Waals surface area contributed by atoms with Crippen molar-refractivity contribution in [3.05, 3.63) is 108 Å². The maximum atomic E-state index is 13.2. The van der Waals surface area contributed by atoms with Gasteiger partial charge in [-0.25, -0.2) is 4.68 Å². The zero-order chi connectivity index (χ0) is 22.8. The maximum Gasteiger partial charge on any atom is 0.281 e. The minimum Gasteiger partial charge on any atom is -0.472 e. The summed E-state index contributed by atoms with van der Waals surface area (Å²) in [6.45, 7) is 0.491. The second-order valence-electron chi connectivity index (χ2n) is 7.39. The van der Waals surface area contributed by atoms with Gasteiger partial charge in [-0.05, 0) is 60.7 Å². The van der Waals surface area contributed by atoms with Crippen molar-refractivity contribution in [1.82, 2.24) is 14.3 Å². The molecule has 0 aliphatic rings. The van der Waals surface area contributed by atoms with Gasteiger partial charge >= 0.3 is 0 Å². The van der Waals surface area contributed by atoms with Crippen molar-refractivity contribution in [3.8, 4) is 11.3 Å². The van der Waals surface area contributed by atoms with Crippen LogP contribution in [-0.2, 0) is 19.4 Å². The molecule has 6 nitrogen and oxygen atoms in total. The molecule has 5 heterocycles. The van der Waals surface area contributed by atoms with Crippen LogP contribution in [0.25, 0.3) is 11.3 Å². The Hall–Kier alpha value is -3.20. The lowest BCUT2D eigenvalue weighted by molar-refractivity contribution is 0.0941. The molecule has 0 spiro atoms. The summed E-state index contributed by atoms with van der Waals surface area (Å²) in [6, 6.07) is 14.8. The highest BCUT2D eigenvalue weighted by atomic mass is 35.5. The first kappa shape index (κ1) is 21.6. The Kier molecular flexibility index (Phi) is 6.13. The van der Waals surface area contributed by atoms with Gasteiger partial charge in [0, 0.05) is 21.6 Å². The normalized spacial score (nSPS) is 11.2. The summed E-state index contributed by atoms with van der Waals surface area (Å²) >= 11 is 9.17. The van der Waals surface area contributed by atoms with Gasteiger partial charge < -0.3 is 8.98 Å². The summed E-state index contributed by atoms with van der Waals surface area (Å²) in [5.74, 6) is -0.302. The molecule has 0 saturated carbocycles. The molecular weight excluding hydrogens is 478 g/mol. The van der Waals surface area contributed by atoms with E-state index in [4.69, 9.17) is 16.0 Å². The van der Waals surface area contributed by atoms with Crippen LogP contribution >= 0.6 is 34.3 Å². The van der Waals surface area contributed by atoms with Gasteiger partial charge in [-0.1, -0.05) is 17.7 Å². The van der Waals surface area contributed by atoms with Crippen molar-refractivity contribution in [1.29, 1.82) is 0 Å². The van der Waals surface area contributed by atoms with Gasteiger partial charge in [0.15, 0.2) is 0 Å². The lowest BCUT2D eigenvalue weighted by Gasteiger charge is -2.05. The molecule has 0 saturated heterocycles. The molecule has 0 amide bonds. The molecule has 0 aromatic carbocycles. The first-order chi connectivity index (χ1) is 16.1. The fraction of sp³-hybridized carbons (Fsp3) is 0.125. The largest absolute Gasteiger partial charge is 0.472 e. The lowest BCUT2D eigenvalue weighted by atomic mass is 10.1. The molecule has 166 valence electrons. The van der Waals surface area contributed by atoms with Crippen molar-refractivity contribution in [2.45, 2.75) is 19.4 Å². The van der Waals surface area contributed by atoms with Crippen LogP contribution in [0, 0.1) is 0 Å². The van der Waals surface area contributed by atoms with Crippen molar-refractivity contribution in [2.24, 2.45) is 0 Å². The number of carbonyl (C=O) groups excluding carboxylic acids is 1. The number of halogens is 1. The van der Waals surface area contributed by atoms with Gasteiger partial charge in [0.25, 0.3) is 11.5 Å². The van der Waals surface area contributed by atoms with Crippen molar-refractivity contribution < 1.29 is 9.21 Å². The van der Waals surface area contributed by atoms with E-state index in [-0.39, 0.29) is 11.5 Å². The van der Waals surface area contributed by atoms with Gasteiger partial charge in [-0.2, -0.15) is 5.10 Å². The minimum atomic E-state index is -0.302. The Morgan fingerprint density at radius 1 is 1.09 bits per heavy atom. The summed E-state index contributed by atoms with van der Waals surface area (Å²) in [6.07, 6.45) is 5.89. The van der Waals surface area contributed by atoms with Crippen LogP contribution in [0.15, 0.2) is 81.8 Å². The molecule has 0 bridgehead atoms. The molecular formula is C24H18ClN3O3S2. The number of furan rings is 1. The molecule has 0 N–H and O–H groups in total. The number of thiophene rings is 2. The van der Waals surface area contributed by atoms with Crippen LogP contribution in [-0.4, -0.2) is 20.3 Å². The number of rotatable bonds is 7. The maximum absolute atomic E-state index is 13.2. The molecule has 9 heteroatoms. The number of carbonyl (C=O) groups is 1. The monoisotopic (exact) mass is 495 g/mol. The average molecular weight is 496 g/mol. The van der Waals surface area contributed by atoms with Gasteiger partial charge in [0.05, 0.1) is 34.0 Å². The zero-order valence-corrected chi connectivity index (χ0v) is 19.7. The molecule has 0 aliphatic heterocycles. The summed E-state index contributed by atoms with van der Waals surface area (Å²) in [4.78, 5) is 28.5. The fourth-order valence-electron chi connectivity index (χ4n) is 3.58. The molecule has 0 radical (unpaired) electrons. The molecule has 0 unspecified atom stereocenters. The van der Waals surface area contributed by atoms with Crippen molar-refractivity contribution >= 4 is 40.2 Å². The second kappa shape index (κ2) is 9.35. The Morgan fingerprint density at radius 3 is 2.73 bits per heavy atom. The van der Waals surface area contributed by atoms with Crippen molar-refractivity contribution in [3.63, 3.8) is 0 Å². The third-order valence-electron chi connectivity index (χ3n) is 5.20. The SMILES string of the molecule is O=C(c1ccoc1)n1nc(-c2cccn(Cc3cccs3)c2=O)cc1CCc1ccc(Cl)s1. The number of nitrogens with zero attached hydrogens (tertiary/aromatic N) is 3. The van der Waals surface area contributed by atoms with E-state index in [2.05, 4.69) is 5.10 Å². The van der Waals surface area contributed by atoms with Crippen molar-refractivity contribution in [2.75, 3.05) is 0 Å². The highest BCUT2D eigenvalue weighted by Gasteiger charge is 2.20. The van der Waals surface area contributed by atoms with Crippen LogP contribution in [0.4, 0.5) is 0 Å². The number of pyridine rings is 1. The molecule has 33 heavy (non-hydrogen) atoms. The quantitative estimate of drug-likeness (QED) is 0.294.